The summed E-state index contributed by atoms with van der Waals surface area (Å²) in [5, 5.41) is 52.4. The Morgan fingerprint density at radius 2 is 1.03 bits per heavy atom. The van der Waals surface area contributed by atoms with Crippen molar-refractivity contribution in [1.82, 2.24) is 79.0 Å². The number of pyridine rings is 1. The van der Waals surface area contributed by atoms with Crippen molar-refractivity contribution in [1.29, 1.82) is 0 Å². The van der Waals surface area contributed by atoms with Crippen molar-refractivity contribution < 1.29 is 81.8 Å². The van der Waals surface area contributed by atoms with E-state index in [0.29, 0.717) is 33.7 Å². The number of likely N-dealkylation sites (tertiary alicyclic amines) is 1. The molecular formula is C82H102ClN19O17. The van der Waals surface area contributed by atoms with Gasteiger partial charge in [-0.3, -0.25) is 77.4 Å². The number of hydrogen-bond acceptors (Lipinski definition) is 19. The van der Waals surface area contributed by atoms with Gasteiger partial charge in [-0.05, 0) is 120 Å². The molecule has 8 rings (SSSR count). The number of aromatic nitrogens is 1. The largest absolute Gasteiger partial charge is 0.394 e. The van der Waals surface area contributed by atoms with Crippen LogP contribution in [0.2, 0.25) is 5.02 Å². The zero-order valence-corrected chi connectivity index (χ0v) is 67.5. The fraction of sp³-hybridized carbons (Fsp3) is 0.402. The number of nitrogens with zero attached hydrogens (tertiary/aromatic N) is 2. The highest BCUT2D eigenvalue weighted by atomic mass is 35.5. The van der Waals surface area contributed by atoms with Gasteiger partial charge in [0.1, 0.15) is 66.5 Å². The maximum Gasteiger partial charge on any atom is 0.322 e. The lowest BCUT2D eigenvalue weighted by Crippen LogP contribution is -2.64. The number of nitrogens with two attached hydrogens (primary N) is 2. The second-order valence-electron chi connectivity index (χ2n) is 30.0. The van der Waals surface area contributed by atoms with Crippen LogP contribution in [0.5, 0.6) is 0 Å². The van der Waals surface area contributed by atoms with E-state index in [-0.39, 0.29) is 80.5 Å². The van der Waals surface area contributed by atoms with E-state index in [4.69, 9.17) is 23.1 Å². The second kappa shape index (κ2) is 43.8. The number of nitrogens with one attached hydrogen (secondary N) is 15. The fourth-order valence-electron chi connectivity index (χ4n) is 13.3. The molecule has 0 spiro atoms. The molecule has 5 aromatic carbocycles. The molecule has 1 unspecified atom stereocenters. The first-order chi connectivity index (χ1) is 56.6. The Balaban J connectivity index is 1.11. The maximum atomic E-state index is 15.5. The Hall–Kier alpha value is -13.0. The molecule has 119 heavy (non-hydrogen) atoms. The van der Waals surface area contributed by atoms with Gasteiger partial charge in [0.25, 0.3) is 0 Å². The minimum absolute atomic E-state index is 0.00580. The number of aliphatic hydroxyl groups excluding tert-OH is 1. The summed E-state index contributed by atoms with van der Waals surface area (Å²) in [6.07, 6.45) is 1.47. The summed E-state index contributed by atoms with van der Waals surface area (Å²) in [7, 11) is 0. The van der Waals surface area contributed by atoms with Gasteiger partial charge >= 0.3 is 12.1 Å². The topological polar surface area (TPSA) is 542 Å². The monoisotopic (exact) mass is 1660 g/mol. The van der Waals surface area contributed by atoms with Crippen LogP contribution in [0, 0.1) is 5.92 Å². The number of imide groups is 1. The minimum Gasteiger partial charge on any atom is -0.394 e. The Kier molecular flexibility index (Phi) is 33.7. The molecule has 2 aliphatic rings. The SMILES string of the molecule is CC(=O)N[C@H](Cc1ccc2ccccc2c1)C(=O)N[C@H](Cc1ccc(Cl)cc1)C(=O)N[C@H](Cc1cccnc1)C(=O)N[C@@H](CO)C(=O)N[C@@H](Cc1ccc(NC(=O)[C@@H]2CC(=O)NC(=O)N2)cc1)C(=O)N[C@H](Cc1ccc(NC(N)=O)cc1)C(=O)N[C@@H](CC(C)C)C(=O)N[C@H](C(=O)N1CCC[C@H]1C(=O)N[C@H](C)C(N)=O)C(C)NC(=O)CNC(C)C. The van der Waals surface area contributed by atoms with Crippen LogP contribution in [0.15, 0.2) is 140 Å². The Morgan fingerprint density at radius 1 is 0.538 bits per heavy atom. The molecule has 37 heteroatoms. The molecule has 0 bridgehead atoms. The molecule has 2 aliphatic heterocycles. The van der Waals surface area contributed by atoms with Crippen molar-refractivity contribution in [3.05, 3.63) is 173 Å². The normalized spacial score (nSPS) is 16.3. The van der Waals surface area contributed by atoms with E-state index in [0.717, 1.165) is 10.8 Å². The Morgan fingerprint density at radius 3 is 1.53 bits per heavy atom. The first-order valence-electron chi connectivity index (χ1n) is 38.8. The first-order valence-corrected chi connectivity index (χ1v) is 39.2. The van der Waals surface area contributed by atoms with E-state index in [9.17, 15) is 57.8 Å². The number of carbonyl (C=O) groups excluding carboxylic acids is 16. The summed E-state index contributed by atoms with van der Waals surface area (Å²) in [5.41, 5.74) is 13.4. The number of halogens is 1. The number of benzene rings is 5. The molecule has 3 heterocycles. The number of carbonyl (C=O) groups is 16. The minimum atomic E-state index is -1.95. The van der Waals surface area contributed by atoms with Crippen LogP contribution in [0.4, 0.5) is 21.0 Å². The summed E-state index contributed by atoms with van der Waals surface area (Å²) in [5.74, 6) is -12.4. The van der Waals surface area contributed by atoms with Gasteiger partial charge in [0, 0.05) is 80.4 Å². The van der Waals surface area contributed by atoms with Crippen molar-refractivity contribution in [3.8, 4) is 0 Å². The number of urea groups is 2. The zero-order chi connectivity index (χ0) is 86.7. The molecule has 36 nitrogen and oxygen atoms in total. The maximum absolute atomic E-state index is 15.5. The van der Waals surface area contributed by atoms with Gasteiger partial charge in [0.05, 0.1) is 25.6 Å². The van der Waals surface area contributed by atoms with Gasteiger partial charge in [-0.15, -0.1) is 0 Å². The van der Waals surface area contributed by atoms with Crippen LogP contribution in [0.25, 0.3) is 10.8 Å². The Bertz CT molecular complexity index is 4660. The van der Waals surface area contributed by atoms with Gasteiger partial charge in [0.2, 0.25) is 82.7 Å². The van der Waals surface area contributed by atoms with Crippen LogP contribution in [-0.2, 0) is 99.2 Å². The van der Waals surface area contributed by atoms with Crippen LogP contribution in [0.1, 0.15) is 102 Å². The first kappa shape index (κ1) is 91.6. The number of rotatable bonds is 40. The summed E-state index contributed by atoms with van der Waals surface area (Å²) >= 11 is 6.27. The molecule has 0 saturated carbocycles. The predicted octanol–water partition coefficient (Wildman–Crippen LogP) is -0.151. The van der Waals surface area contributed by atoms with E-state index >= 15 is 24.0 Å². The molecular weight excluding hydrogens is 1560 g/mol. The van der Waals surface area contributed by atoms with Gasteiger partial charge in [-0.25, -0.2) is 9.59 Å². The van der Waals surface area contributed by atoms with E-state index in [1.54, 1.807) is 70.2 Å². The molecule has 0 aliphatic carbocycles. The highest BCUT2D eigenvalue weighted by molar-refractivity contribution is 6.30. The number of anilines is 2. The van der Waals surface area contributed by atoms with Gasteiger partial charge in [-0.1, -0.05) is 124 Å². The van der Waals surface area contributed by atoms with E-state index in [2.05, 4.69) is 79.4 Å². The van der Waals surface area contributed by atoms with Crippen molar-refractivity contribution >= 4 is 129 Å². The van der Waals surface area contributed by atoms with Crippen molar-refractivity contribution in [2.24, 2.45) is 17.4 Å². The van der Waals surface area contributed by atoms with Crippen molar-refractivity contribution in [3.63, 3.8) is 0 Å². The third kappa shape index (κ3) is 28.4. The lowest BCUT2D eigenvalue weighted by molar-refractivity contribution is -0.143. The van der Waals surface area contributed by atoms with Crippen molar-refractivity contribution in [2.45, 2.75) is 185 Å². The molecule has 2 fully saturated rings. The summed E-state index contributed by atoms with van der Waals surface area (Å²) in [6, 6.07) is 14.6. The van der Waals surface area contributed by atoms with Gasteiger partial charge in [-0.2, -0.15) is 0 Å². The molecule has 1 aromatic heterocycles. The van der Waals surface area contributed by atoms with Crippen LogP contribution in [0.3, 0.4) is 0 Å². The van der Waals surface area contributed by atoms with Crippen LogP contribution in [-0.4, -0.2) is 208 Å². The Labute approximate surface area is 691 Å². The predicted molar refractivity (Wildman–Crippen MR) is 438 cm³/mol. The average Bonchev–Trinajstić information content (AvgIpc) is 1.67. The molecule has 18 amide bonds. The smallest absolute Gasteiger partial charge is 0.322 e. The van der Waals surface area contributed by atoms with E-state index in [1.807, 2.05) is 41.7 Å². The van der Waals surface area contributed by atoms with Crippen LogP contribution >= 0.6 is 11.6 Å². The summed E-state index contributed by atoms with van der Waals surface area (Å²) in [6.45, 7) is 9.78. The molecule has 0 radical (unpaired) electrons. The van der Waals surface area contributed by atoms with Gasteiger partial charge in [0.15, 0.2) is 0 Å². The number of amides is 18. The standard InChI is InChI=1S/C82H102ClN19O17/c1-43(2)32-58(77(114)101-69(45(5)88-68(106)41-87-44(3)4)80(117)102-31-11-15-66(102)79(116)89-46(6)70(84)107)93-73(110)61(35-50-21-28-57(29-22-50)92-81(85)118)95-75(112)62(36-49-19-26-56(27-20-49)91-71(108)64-39-67(105)100-82(119)99-64)97-78(115)65(42-103)98-76(113)63(38-52-12-10-30-86-40-52)96-74(111)60(34-48-17-24-55(83)25-18-48)94-72(109)59(90-47(7)104)37-51-16-23-53-13-8-9-14-54(53)33-51/h8-10,12-14,16-30,33,40,43-46,58-66,69,87,103H,11,15,31-32,34-39,41-42H2,1-7H3,(H2,84,107)(H,88,106)(H,89,116)(H,90,104)(H,91,108)(H,93,110)(H,94,109)(H,95,112)(H,96,111)(H,97,115)(H,98,113)(H,101,114)(H3,85,92,118)(H2,99,100,105,119)/t45?,46-,58+,59-,60-,61-,62+,63-,64+,65+,66+,69+/m1/s1. The quantitative estimate of drug-likeness (QED) is 0.0238. The zero-order valence-electron chi connectivity index (χ0n) is 66.8. The molecule has 20 N–H and O–H groups in total. The molecule has 2 saturated heterocycles. The lowest BCUT2D eigenvalue weighted by atomic mass is 9.99. The average molecular weight is 1660 g/mol. The molecule has 634 valence electrons. The van der Waals surface area contributed by atoms with Gasteiger partial charge < -0.3 is 95.9 Å². The molecule has 12 atom stereocenters. The van der Waals surface area contributed by atoms with Crippen LogP contribution < -0.4 is 91.2 Å². The summed E-state index contributed by atoms with van der Waals surface area (Å²) < 4.78 is 0. The number of fused-ring (bicyclic) bond motifs is 1. The number of primary amides is 2. The van der Waals surface area contributed by atoms with Crippen molar-refractivity contribution in [2.75, 3.05) is 30.3 Å². The third-order valence-electron chi connectivity index (χ3n) is 19.5. The number of hydrogen-bond donors (Lipinski definition) is 18. The summed E-state index contributed by atoms with van der Waals surface area (Å²) in [4.78, 5) is 227. The number of aliphatic hydroxyl groups is 1. The van der Waals surface area contributed by atoms with E-state index < -0.39 is 187 Å². The highest BCUT2D eigenvalue weighted by Crippen LogP contribution is 2.23. The van der Waals surface area contributed by atoms with E-state index in [1.165, 1.54) is 86.6 Å². The highest BCUT2D eigenvalue weighted by Gasteiger charge is 2.43. The third-order valence-corrected chi connectivity index (χ3v) is 19.7. The fourth-order valence-corrected chi connectivity index (χ4v) is 13.4. The lowest BCUT2D eigenvalue weighted by Gasteiger charge is -2.33. The molecule has 6 aromatic rings. The second-order valence-corrected chi connectivity index (χ2v) is 30.4.